The van der Waals surface area contributed by atoms with Crippen LogP contribution in [0.4, 0.5) is 28.4 Å². The lowest BCUT2D eigenvalue weighted by Crippen LogP contribution is -2.55. The number of H-pyrrole nitrogens is 1. The molecule has 0 unspecified atom stereocenters. The fourth-order valence-corrected chi connectivity index (χ4v) is 14.7. The molecule has 6 aliphatic heterocycles. The summed E-state index contributed by atoms with van der Waals surface area (Å²) < 4.78 is 62.4. The van der Waals surface area contributed by atoms with Crippen LogP contribution in [0.1, 0.15) is 91.2 Å². The molecule has 71 heavy (non-hydrogen) atoms. The van der Waals surface area contributed by atoms with Crippen LogP contribution < -0.4 is 30.3 Å². The number of nitrogens with zero attached hydrogens (tertiary/aromatic N) is 5. The molecule has 0 radical (unpaired) electrons. The smallest absolute Gasteiger partial charge is 0.297 e. The Bertz CT molecular complexity index is 3050. The number of amides is 1. The average molecular weight is 987 g/mol. The maximum atomic E-state index is 16.1. The highest BCUT2D eigenvalue weighted by atomic mass is 32.2. The fourth-order valence-electron chi connectivity index (χ4n) is 13.0. The van der Waals surface area contributed by atoms with Crippen molar-refractivity contribution in [2.24, 2.45) is 11.1 Å². The molecule has 2 saturated carbocycles. The Morgan fingerprint density at radius 1 is 0.887 bits per heavy atom. The number of carbonyl (C=O) groups is 1. The monoisotopic (exact) mass is 986 g/mol. The van der Waals surface area contributed by atoms with E-state index in [1.54, 1.807) is 18.3 Å². The third-order valence-corrected chi connectivity index (χ3v) is 18.5. The lowest BCUT2D eigenvalue weighted by Gasteiger charge is -2.56. The van der Waals surface area contributed by atoms with E-state index in [0.29, 0.717) is 74.4 Å². The van der Waals surface area contributed by atoms with Crippen molar-refractivity contribution >= 4 is 55.2 Å². The van der Waals surface area contributed by atoms with Gasteiger partial charge in [-0.15, -0.1) is 0 Å². The van der Waals surface area contributed by atoms with E-state index in [1.807, 2.05) is 17.0 Å². The topological polar surface area (TPSA) is 217 Å². The number of carbonyl (C=O) groups excluding carboxylic acids is 1. The number of ether oxygens (including phenoxy) is 5. The first-order chi connectivity index (χ1) is 34.5. The third-order valence-electron chi connectivity index (χ3n) is 16.7. The Balaban J connectivity index is 0.898. The van der Waals surface area contributed by atoms with E-state index in [2.05, 4.69) is 44.4 Å². The number of anilines is 4. The summed E-state index contributed by atoms with van der Waals surface area (Å²) in [6, 6.07) is 18.5. The maximum absolute atomic E-state index is 16.1. The van der Waals surface area contributed by atoms with Crippen molar-refractivity contribution < 1.29 is 41.8 Å². The summed E-state index contributed by atoms with van der Waals surface area (Å²) in [6.45, 7) is 3.90. The second-order valence-electron chi connectivity index (χ2n) is 20.8. The van der Waals surface area contributed by atoms with E-state index in [9.17, 15) is 14.9 Å². The molecule has 2 aliphatic carbocycles. The number of aromatic amines is 1. The van der Waals surface area contributed by atoms with E-state index in [-0.39, 0.29) is 63.6 Å². The number of hydrogen-bond acceptors (Lipinski definition) is 15. The highest BCUT2D eigenvalue weighted by Crippen LogP contribution is 2.57. The summed E-state index contributed by atoms with van der Waals surface area (Å²) in [5, 5.41) is 17.0. The highest BCUT2D eigenvalue weighted by Gasteiger charge is 2.52. The average Bonchev–Trinajstić information content (AvgIpc) is 3.94. The molecule has 5 aromatic rings. The number of piperidine rings is 1. The summed E-state index contributed by atoms with van der Waals surface area (Å²) in [7, 11) is -4.78. The molecule has 0 bridgehead atoms. The predicted octanol–water partition coefficient (Wildman–Crippen LogP) is 7.14. The number of nitrogens with two attached hydrogens (primary N) is 1. The molecule has 8 aliphatic rings. The van der Waals surface area contributed by atoms with Gasteiger partial charge < -0.3 is 49.5 Å². The maximum Gasteiger partial charge on any atom is 0.297 e. The van der Waals surface area contributed by atoms with Crippen LogP contribution in [-0.2, 0) is 24.0 Å². The van der Waals surface area contributed by atoms with Crippen LogP contribution in [0.15, 0.2) is 76.7 Å². The number of primary amides is 1. The first kappa shape index (κ1) is 44.9. The molecule has 5 atom stereocenters. The third kappa shape index (κ3) is 7.68. The summed E-state index contributed by atoms with van der Waals surface area (Å²) in [5.41, 5.74) is 10.5. The lowest BCUT2D eigenvalue weighted by molar-refractivity contribution is -0.384. The molecule has 19 heteroatoms. The van der Waals surface area contributed by atoms with E-state index in [1.165, 1.54) is 42.9 Å². The number of aromatic nitrogens is 2. The van der Waals surface area contributed by atoms with Gasteiger partial charge in [-0.2, -0.15) is 4.98 Å². The molecular weight excluding hydrogens is 929 g/mol. The SMILES string of the molecule is NC(=O)c1ccc(N2CCC3(CC2)CC(N2CCC[C@H]2c2ccccc2C2CC2)C3)c(S(=O)(=O)c2cc3c(c([N+](=O)[O-])c2)N[C@@H]([C@H]2COCCO2)CO3)c1N1c2cc3cc[nH]c3nc2O[C@@H]2COCC[C@H]21. The van der Waals surface area contributed by atoms with Crippen molar-refractivity contribution in [2.75, 3.05) is 74.4 Å². The molecule has 3 aromatic carbocycles. The molecular formula is C52H58N8O10S. The minimum atomic E-state index is -4.78. The number of rotatable bonds is 10. The zero-order chi connectivity index (χ0) is 48.2. The van der Waals surface area contributed by atoms with Gasteiger partial charge in [-0.25, -0.2) is 8.42 Å². The van der Waals surface area contributed by atoms with Gasteiger partial charge in [-0.05, 0) is 111 Å². The zero-order valence-electron chi connectivity index (χ0n) is 39.4. The van der Waals surface area contributed by atoms with Gasteiger partial charge in [0.05, 0.1) is 65.3 Å². The molecule has 18 nitrogen and oxygen atoms in total. The number of benzene rings is 3. The van der Waals surface area contributed by atoms with Crippen molar-refractivity contribution in [3.05, 3.63) is 93.7 Å². The second kappa shape index (κ2) is 17.4. The second-order valence-corrected chi connectivity index (χ2v) is 22.7. The van der Waals surface area contributed by atoms with Gasteiger partial charge >= 0.3 is 0 Å². The number of nitro groups is 1. The van der Waals surface area contributed by atoms with Crippen LogP contribution in [0.25, 0.3) is 11.0 Å². The Labute approximate surface area is 411 Å². The zero-order valence-corrected chi connectivity index (χ0v) is 40.2. The van der Waals surface area contributed by atoms with E-state index in [4.69, 9.17) is 34.4 Å². The van der Waals surface area contributed by atoms with Gasteiger partial charge in [0.15, 0.2) is 11.4 Å². The number of hydrogen-bond donors (Lipinski definition) is 3. The van der Waals surface area contributed by atoms with E-state index in [0.717, 1.165) is 43.7 Å². The van der Waals surface area contributed by atoms with E-state index >= 15 is 8.42 Å². The molecule has 13 rings (SSSR count). The highest BCUT2D eigenvalue weighted by molar-refractivity contribution is 7.91. The van der Waals surface area contributed by atoms with Gasteiger partial charge in [0.1, 0.15) is 35.0 Å². The predicted molar refractivity (Wildman–Crippen MR) is 263 cm³/mol. The molecule has 8 heterocycles. The minimum absolute atomic E-state index is 0.0101. The summed E-state index contributed by atoms with van der Waals surface area (Å²) in [5.74, 6) is 0.100. The standard InChI is InChI=1S/C52H58N8O10S/c53-49(61)36-9-10-40(57-17-13-52(14-18-57)25-32(26-52)58-16-3-6-38(58)35-5-2-1-4-34(35)30-7-8-30)48(47(36)59-39-12-19-66-29-45(39)70-51-42(59)22-31-11-15-54-50(31)56-51)71(64,65)33-23-41(60(62)63)46-43(24-33)69-27-37(55-46)44-28-67-20-21-68-44/h1-2,4-5,9-11,15,22-24,30,32,37-39,44-45,55H,3,6-8,12-14,16-21,25-29H2,(H2,53,61)(H,54,56)/t37-,38+,39-,44-,45-/m1/s1. The van der Waals surface area contributed by atoms with Crippen LogP contribution >= 0.6 is 0 Å². The van der Waals surface area contributed by atoms with Crippen LogP contribution in [0.5, 0.6) is 11.6 Å². The summed E-state index contributed by atoms with van der Waals surface area (Å²) in [4.78, 5) is 40.5. The van der Waals surface area contributed by atoms with Crippen molar-refractivity contribution in [2.45, 2.75) is 110 Å². The Hall–Kier alpha value is -5.99. The molecule has 372 valence electrons. The largest absolute Gasteiger partial charge is 0.489 e. The van der Waals surface area contributed by atoms with Crippen molar-refractivity contribution in [1.29, 1.82) is 0 Å². The number of sulfone groups is 1. The number of pyridine rings is 1. The number of nitro benzene ring substituents is 1. The van der Waals surface area contributed by atoms with Crippen LogP contribution in [0.3, 0.4) is 0 Å². The molecule has 2 aromatic heterocycles. The van der Waals surface area contributed by atoms with Gasteiger partial charge in [0, 0.05) is 55.5 Å². The molecule has 4 N–H and O–H groups in total. The van der Waals surface area contributed by atoms with Crippen molar-refractivity contribution in [3.8, 4) is 11.6 Å². The van der Waals surface area contributed by atoms with Crippen molar-refractivity contribution in [3.63, 3.8) is 0 Å². The normalized spacial score (nSPS) is 26.4. The number of nitrogens with one attached hydrogen (secondary N) is 2. The molecule has 4 saturated heterocycles. The Morgan fingerprint density at radius 3 is 2.46 bits per heavy atom. The quantitative estimate of drug-likeness (QED) is 0.0936. The van der Waals surface area contributed by atoms with Crippen LogP contribution in [-0.4, -0.2) is 124 Å². The van der Waals surface area contributed by atoms with Crippen LogP contribution in [0.2, 0.25) is 0 Å². The van der Waals surface area contributed by atoms with Gasteiger partial charge in [-0.3, -0.25) is 19.8 Å². The molecule has 6 fully saturated rings. The van der Waals surface area contributed by atoms with Gasteiger partial charge in [0.2, 0.25) is 15.7 Å². The number of fused-ring (bicyclic) bond motifs is 4. The minimum Gasteiger partial charge on any atom is -0.489 e. The lowest BCUT2D eigenvalue weighted by atomic mass is 9.59. The number of likely N-dealkylation sites (tertiary alicyclic amines) is 1. The molecule has 1 amide bonds. The van der Waals surface area contributed by atoms with E-state index < -0.39 is 50.6 Å². The Morgan fingerprint density at radius 2 is 1.69 bits per heavy atom. The van der Waals surface area contributed by atoms with Crippen LogP contribution in [0, 0.1) is 15.5 Å². The summed E-state index contributed by atoms with van der Waals surface area (Å²) >= 11 is 0. The Kier molecular flexibility index (Phi) is 11.0. The van der Waals surface area contributed by atoms with Crippen molar-refractivity contribution in [1.82, 2.24) is 14.9 Å². The fraction of sp³-hybridized carbons (Fsp3) is 0.500. The first-order valence-electron chi connectivity index (χ1n) is 25.3. The summed E-state index contributed by atoms with van der Waals surface area (Å²) in [6.07, 6.45) is 9.97. The van der Waals surface area contributed by atoms with Gasteiger partial charge in [-0.1, -0.05) is 24.3 Å². The van der Waals surface area contributed by atoms with Gasteiger partial charge in [0.25, 0.3) is 11.6 Å². The first-order valence-corrected chi connectivity index (χ1v) is 26.8. The molecule has 1 spiro atoms.